The fraction of sp³-hybridized carbons (Fsp3) is 0.296. The molecule has 0 aliphatic carbocycles. The first-order valence-corrected chi connectivity index (χ1v) is 23.7. The van der Waals surface area contributed by atoms with Crippen LogP contribution in [-0.4, -0.2) is 56.8 Å². The van der Waals surface area contributed by atoms with Gasteiger partial charge < -0.3 is 30.4 Å². The highest BCUT2D eigenvalue weighted by molar-refractivity contribution is 6.32. The Morgan fingerprint density at radius 2 is 1.01 bits per heavy atom. The van der Waals surface area contributed by atoms with Gasteiger partial charge in [0.2, 0.25) is 11.8 Å². The number of carbonyl (C=O) groups is 2. The molecular weight excluding hydrogens is 928 g/mol. The Kier molecular flexibility index (Phi) is 15.8. The molecule has 8 rings (SSSR count). The second-order valence-electron chi connectivity index (χ2n) is 17.6. The van der Waals surface area contributed by atoms with E-state index in [1.54, 1.807) is 36.7 Å². The Morgan fingerprint density at radius 3 is 1.41 bits per heavy atom. The van der Waals surface area contributed by atoms with Crippen LogP contribution in [0.2, 0.25) is 10.0 Å². The Hall–Kier alpha value is -7.20. The van der Waals surface area contributed by atoms with E-state index in [0.717, 1.165) is 68.5 Å². The van der Waals surface area contributed by atoms with Gasteiger partial charge in [-0.15, -0.1) is 0 Å². The van der Waals surface area contributed by atoms with E-state index in [0.29, 0.717) is 83.2 Å². The van der Waals surface area contributed by atoms with Crippen molar-refractivity contribution in [1.29, 1.82) is 10.5 Å². The number of ether oxygens (including phenoxy) is 4. The van der Waals surface area contributed by atoms with E-state index in [2.05, 4.69) is 48.1 Å². The minimum atomic E-state index is -0.383. The molecule has 6 aromatic rings. The summed E-state index contributed by atoms with van der Waals surface area (Å²) >= 11 is 13.8. The molecule has 2 aromatic heterocycles. The zero-order valence-corrected chi connectivity index (χ0v) is 40.4. The summed E-state index contributed by atoms with van der Waals surface area (Å²) in [6, 6.07) is 26.3. The molecule has 0 bridgehead atoms. The average molecular weight is 980 g/mol. The standard InChI is InChI=1S/C54H52Cl2N8O6/c1-33-39(31-69-51-19-49(67-29-37-15-35(21-57)23-61-25-37)41(17-45(51)55)27-63-13-5-11-47(63)53(59)65)7-3-9-43(33)44-10-4-8-40(34(44)2)32-70-52-20-50(68-30-38-16-36(22-58)24-62-26-38)42(18-46(52)56)28-64-14-6-12-48(64)54(60)66/h3-4,7-10,15-20,23-26,47-48H,5-6,11-14,27-32H2,1-2H3,(H2,59,65)(H2,60,66)/t47-,48?/m1/s1. The zero-order chi connectivity index (χ0) is 49.3. The van der Waals surface area contributed by atoms with Gasteiger partial charge in [0.25, 0.3) is 0 Å². The van der Waals surface area contributed by atoms with Crippen molar-refractivity contribution in [2.75, 3.05) is 13.1 Å². The smallest absolute Gasteiger partial charge is 0.234 e. The number of carbonyl (C=O) groups excluding carboxylic acids is 2. The molecule has 70 heavy (non-hydrogen) atoms. The van der Waals surface area contributed by atoms with Gasteiger partial charge in [0.05, 0.1) is 33.3 Å². The van der Waals surface area contributed by atoms with Crippen LogP contribution >= 0.6 is 23.2 Å². The number of halogens is 2. The van der Waals surface area contributed by atoms with Crippen molar-refractivity contribution in [2.24, 2.45) is 11.5 Å². The number of pyridine rings is 2. The molecule has 0 spiro atoms. The summed E-state index contributed by atoms with van der Waals surface area (Å²) in [6.07, 6.45) is 9.37. The van der Waals surface area contributed by atoms with Crippen molar-refractivity contribution in [1.82, 2.24) is 19.8 Å². The lowest BCUT2D eigenvalue weighted by molar-refractivity contribution is -0.123. The first-order valence-electron chi connectivity index (χ1n) is 23.0. The van der Waals surface area contributed by atoms with E-state index in [9.17, 15) is 20.1 Å². The predicted octanol–water partition coefficient (Wildman–Crippen LogP) is 9.03. The molecule has 14 nitrogen and oxygen atoms in total. The molecule has 2 aliphatic rings. The fourth-order valence-electron chi connectivity index (χ4n) is 9.15. The van der Waals surface area contributed by atoms with Crippen LogP contribution < -0.4 is 30.4 Å². The summed E-state index contributed by atoms with van der Waals surface area (Å²) in [5, 5.41) is 19.6. The Balaban J connectivity index is 1.00. The zero-order valence-electron chi connectivity index (χ0n) is 38.9. The summed E-state index contributed by atoms with van der Waals surface area (Å²) < 4.78 is 25.6. The highest BCUT2D eigenvalue weighted by Crippen LogP contribution is 2.39. The number of aromatic nitrogens is 2. The van der Waals surface area contributed by atoms with Crippen molar-refractivity contribution < 1.29 is 28.5 Å². The summed E-state index contributed by atoms with van der Waals surface area (Å²) in [6.45, 7) is 7.06. The lowest BCUT2D eigenvalue weighted by Gasteiger charge is -2.24. The Morgan fingerprint density at radius 1 is 0.600 bits per heavy atom. The third-order valence-electron chi connectivity index (χ3n) is 12.9. The minimum Gasteiger partial charge on any atom is -0.488 e. The maximum Gasteiger partial charge on any atom is 0.234 e. The number of nitrogens with two attached hydrogens (primary N) is 2. The second kappa shape index (κ2) is 22.5. The normalized spacial score (nSPS) is 15.8. The molecule has 4 heterocycles. The van der Waals surface area contributed by atoms with E-state index in [4.69, 9.17) is 53.6 Å². The maximum absolute atomic E-state index is 12.3. The van der Waals surface area contributed by atoms with Crippen LogP contribution in [-0.2, 0) is 49.1 Å². The monoisotopic (exact) mass is 978 g/mol. The van der Waals surface area contributed by atoms with E-state index in [1.165, 1.54) is 12.4 Å². The van der Waals surface area contributed by atoms with E-state index in [1.807, 2.05) is 46.2 Å². The summed E-state index contributed by atoms with van der Waals surface area (Å²) in [7, 11) is 0. The highest BCUT2D eigenvalue weighted by atomic mass is 35.5. The minimum absolute atomic E-state index is 0.145. The molecule has 2 aliphatic heterocycles. The number of rotatable bonds is 19. The van der Waals surface area contributed by atoms with Crippen LogP contribution in [0.25, 0.3) is 11.1 Å². The van der Waals surface area contributed by atoms with E-state index >= 15 is 0 Å². The van der Waals surface area contributed by atoms with Gasteiger partial charge in [-0.1, -0.05) is 59.6 Å². The van der Waals surface area contributed by atoms with Crippen LogP contribution in [0.15, 0.2) is 97.6 Å². The Labute approximate surface area is 417 Å². The average Bonchev–Trinajstić information content (AvgIpc) is 4.04. The van der Waals surface area contributed by atoms with Gasteiger partial charge in [-0.2, -0.15) is 10.5 Å². The Bertz CT molecular complexity index is 2810. The number of benzene rings is 4. The summed E-state index contributed by atoms with van der Waals surface area (Å²) in [5.74, 6) is 1.17. The van der Waals surface area contributed by atoms with Gasteiger partial charge in [-0.25, -0.2) is 0 Å². The number of nitrogens with zero attached hydrogens (tertiary/aromatic N) is 6. The molecule has 16 heteroatoms. The molecule has 4 N–H and O–H groups in total. The number of likely N-dealkylation sites (tertiary alicyclic amines) is 2. The lowest BCUT2D eigenvalue weighted by atomic mass is 9.92. The molecule has 2 amide bonds. The second-order valence-corrected chi connectivity index (χ2v) is 18.4. The molecule has 2 fully saturated rings. The highest BCUT2D eigenvalue weighted by Gasteiger charge is 2.31. The van der Waals surface area contributed by atoms with E-state index in [-0.39, 0.29) is 50.3 Å². The molecule has 4 aromatic carbocycles. The van der Waals surface area contributed by atoms with Crippen molar-refractivity contribution in [2.45, 2.75) is 91.1 Å². The number of primary amides is 2. The van der Waals surface area contributed by atoms with Crippen LogP contribution in [0.3, 0.4) is 0 Å². The largest absolute Gasteiger partial charge is 0.488 e. The van der Waals surface area contributed by atoms with Gasteiger partial charge in [0.15, 0.2) is 0 Å². The van der Waals surface area contributed by atoms with Gasteiger partial charge >= 0.3 is 0 Å². The van der Waals surface area contributed by atoms with Crippen molar-refractivity contribution >= 4 is 35.0 Å². The molecule has 1 unspecified atom stereocenters. The van der Waals surface area contributed by atoms with Gasteiger partial charge in [0.1, 0.15) is 61.6 Å². The van der Waals surface area contributed by atoms with Crippen molar-refractivity contribution in [3.63, 3.8) is 0 Å². The lowest BCUT2D eigenvalue weighted by Crippen LogP contribution is -2.39. The van der Waals surface area contributed by atoms with Gasteiger partial charge in [0, 0.05) is 72.3 Å². The number of amides is 2. The van der Waals surface area contributed by atoms with Crippen molar-refractivity contribution in [3.05, 3.63) is 163 Å². The third kappa shape index (κ3) is 11.6. The summed E-state index contributed by atoms with van der Waals surface area (Å²) in [5.41, 5.74) is 21.3. The number of hydrogen-bond donors (Lipinski definition) is 2. The number of nitriles is 2. The molecular formula is C54H52Cl2N8O6. The quantitative estimate of drug-likeness (QED) is 0.0781. The molecule has 358 valence electrons. The topological polar surface area (TPSA) is 203 Å². The SMILES string of the molecule is Cc1c(COc2cc(OCc3cncc(C#N)c3)c(CN3CCCC3C(N)=O)cc2Cl)cccc1-c1cccc(COc2cc(OCc3cncc(C#N)c3)c(CN3CCC[C@@H]3C(N)=O)cc2Cl)c1C. The molecule has 2 saturated heterocycles. The van der Waals surface area contributed by atoms with Gasteiger partial charge in [-0.3, -0.25) is 29.4 Å². The first kappa shape index (κ1) is 49.2. The van der Waals surface area contributed by atoms with Crippen LogP contribution in [0.1, 0.15) is 81.3 Å². The van der Waals surface area contributed by atoms with Crippen LogP contribution in [0.5, 0.6) is 23.0 Å². The molecule has 2 atom stereocenters. The molecule has 0 saturated carbocycles. The van der Waals surface area contributed by atoms with Crippen LogP contribution in [0, 0.1) is 36.5 Å². The van der Waals surface area contributed by atoms with Crippen molar-refractivity contribution in [3.8, 4) is 46.3 Å². The predicted molar refractivity (Wildman–Crippen MR) is 265 cm³/mol. The van der Waals surface area contributed by atoms with E-state index < -0.39 is 0 Å². The third-order valence-corrected chi connectivity index (χ3v) is 13.5. The maximum atomic E-state index is 12.3. The summed E-state index contributed by atoms with van der Waals surface area (Å²) in [4.78, 5) is 36.9. The first-order chi connectivity index (χ1) is 33.9. The van der Waals surface area contributed by atoms with Crippen LogP contribution in [0.4, 0.5) is 0 Å². The molecule has 0 radical (unpaired) electrons. The number of hydrogen-bond acceptors (Lipinski definition) is 12. The van der Waals surface area contributed by atoms with Gasteiger partial charge in [-0.05, 0) is 110 Å². The fourth-order valence-corrected chi connectivity index (χ4v) is 9.64.